The van der Waals surface area contributed by atoms with Gasteiger partial charge in [-0.15, -0.1) is 0 Å². The van der Waals surface area contributed by atoms with Crippen LogP contribution in [0.15, 0.2) is 47.8 Å². The third-order valence-electron chi connectivity index (χ3n) is 1.44. The molecule has 0 fully saturated rings. The molecule has 2 heteroatoms. The first-order chi connectivity index (χ1) is 5.83. The van der Waals surface area contributed by atoms with Gasteiger partial charge >= 0.3 is 0 Å². The molecule has 1 aromatic carbocycles. The number of hydrogen-bond donors (Lipinski definition) is 0. The van der Waals surface area contributed by atoms with Crippen LogP contribution in [0.4, 0.5) is 0 Å². The van der Waals surface area contributed by atoms with E-state index >= 15 is 0 Å². The Hall–Kier alpha value is -1.57. The summed E-state index contributed by atoms with van der Waals surface area (Å²) < 4.78 is 0. The molecule has 12 heavy (non-hydrogen) atoms. The smallest absolute Gasteiger partial charge is 0.132 e. The van der Waals surface area contributed by atoms with Crippen LogP contribution in [0.3, 0.4) is 0 Å². The van der Waals surface area contributed by atoms with Crippen LogP contribution < -0.4 is 0 Å². The van der Waals surface area contributed by atoms with Crippen molar-refractivity contribution in [2.45, 2.75) is 6.42 Å². The predicted molar refractivity (Wildman–Crippen MR) is 49.9 cm³/mol. The first kappa shape index (κ1) is 8.53. The van der Waals surface area contributed by atoms with Crippen molar-refractivity contribution in [1.82, 2.24) is 0 Å². The lowest BCUT2D eigenvalue weighted by atomic mass is 10.1. The van der Waals surface area contributed by atoms with Crippen LogP contribution in [0.2, 0.25) is 0 Å². The van der Waals surface area contributed by atoms with E-state index in [0.717, 1.165) is 5.56 Å². The van der Waals surface area contributed by atoms with Gasteiger partial charge in [-0.3, -0.25) is 0 Å². The molecule has 0 amide bonds. The highest BCUT2D eigenvalue weighted by molar-refractivity contribution is 5.22. The maximum absolute atomic E-state index is 4.77. The molecule has 2 nitrogen and oxygen atoms in total. The van der Waals surface area contributed by atoms with Gasteiger partial charge < -0.3 is 4.84 Å². The fraction of sp³-hybridized carbons (Fsp3) is 0.100. The molecular weight excluding hydrogens is 150 g/mol. The number of allylic oxidation sites excluding steroid dienone is 1. The number of hydrogen-bond acceptors (Lipinski definition) is 2. The van der Waals surface area contributed by atoms with Gasteiger partial charge in [0.2, 0.25) is 0 Å². The molecule has 0 atom stereocenters. The van der Waals surface area contributed by atoms with E-state index in [0.29, 0.717) is 12.2 Å². The summed E-state index contributed by atoms with van der Waals surface area (Å²) in [6.07, 6.45) is 0.680. The van der Waals surface area contributed by atoms with Crippen LogP contribution in [0.1, 0.15) is 5.56 Å². The van der Waals surface area contributed by atoms with E-state index in [1.54, 1.807) is 0 Å². The second-order valence-corrected chi connectivity index (χ2v) is 2.42. The summed E-state index contributed by atoms with van der Waals surface area (Å²) in [5, 5.41) is 3.28. The van der Waals surface area contributed by atoms with E-state index in [1.165, 1.54) is 0 Å². The van der Waals surface area contributed by atoms with Crippen LogP contribution >= 0.6 is 0 Å². The Morgan fingerprint density at radius 3 is 2.58 bits per heavy atom. The van der Waals surface area contributed by atoms with Gasteiger partial charge in [0.15, 0.2) is 0 Å². The Balaban J connectivity index is 2.52. The summed E-state index contributed by atoms with van der Waals surface area (Å²) in [7, 11) is 0. The summed E-state index contributed by atoms with van der Waals surface area (Å²) >= 11 is 0. The number of rotatable bonds is 4. The Kier molecular flexibility index (Phi) is 3.08. The molecule has 0 saturated heterocycles. The molecule has 1 rings (SSSR count). The lowest BCUT2D eigenvalue weighted by Crippen LogP contribution is -1.89. The normalized spacial score (nSPS) is 9.00. The minimum Gasteiger partial charge on any atom is -0.362 e. The SMILES string of the molecule is C=NOC(=C)Cc1ccccc1. The molecule has 0 aliphatic heterocycles. The van der Waals surface area contributed by atoms with E-state index in [2.05, 4.69) is 18.5 Å². The average Bonchev–Trinajstić information content (AvgIpc) is 2.06. The molecule has 0 bridgehead atoms. The zero-order chi connectivity index (χ0) is 8.81. The second-order valence-electron chi connectivity index (χ2n) is 2.42. The van der Waals surface area contributed by atoms with Crippen LogP contribution in [0.5, 0.6) is 0 Å². The Morgan fingerprint density at radius 2 is 2.00 bits per heavy atom. The molecule has 1 aromatic rings. The highest BCUT2D eigenvalue weighted by Crippen LogP contribution is 2.06. The Labute approximate surface area is 72.2 Å². The predicted octanol–water partition coefficient (Wildman–Crippen LogP) is 2.38. The summed E-state index contributed by atoms with van der Waals surface area (Å²) in [4.78, 5) is 4.77. The van der Waals surface area contributed by atoms with Crippen LogP contribution in [-0.4, -0.2) is 6.72 Å². The third kappa shape index (κ3) is 2.58. The van der Waals surface area contributed by atoms with Gasteiger partial charge in [0.05, 0.1) is 0 Å². The van der Waals surface area contributed by atoms with Crippen LogP contribution in [0.25, 0.3) is 0 Å². The molecule has 0 aliphatic rings. The van der Waals surface area contributed by atoms with Gasteiger partial charge in [-0.05, 0) is 5.56 Å². The third-order valence-corrected chi connectivity index (χ3v) is 1.44. The topological polar surface area (TPSA) is 21.6 Å². The zero-order valence-electron chi connectivity index (χ0n) is 6.86. The minimum atomic E-state index is 0.608. The molecular formula is C10H11NO. The molecule has 0 spiro atoms. The molecule has 0 heterocycles. The van der Waals surface area contributed by atoms with E-state index in [4.69, 9.17) is 4.84 Å². The Morgan fingerprint density at radius 1 is 1.33 bits per heavy atom. The molecule has 0 N–H and O–H groups in total. The number of oxime groups is 1. The molecule has 0 saturated carbocycles. The van der Waals surface area contributed by atoms with Crippen molar-refractivity contribution in [3.8, 4) is 0 Å². The largest absolute Gasteiger partial charge is 0.362 e. The Bertz CT molecular complexity index is 266. The summed E-state index contributed by atoms with van der Waals surface area (Å²) in [5.74, 6) is 0.608. The van der Waals surface area contributed by atoms with Crippen molar-refractivity contribution in [2.75, 3.05) is 0 Å². The quantitative estimate of drug-likeness (QED) is 0.377. The molecule has 62 valence electrons. The summed E-state index contributed by atoms with van der Waals surface area (Å²) in [6, 6.07) is 9.95. The van der Waals surface area contributed by atoms with E-state index in [1.807, 2.05) is 30.3 Å². The van der Waals surface area contributed by atoms with Crippen molar-refractivity contribution < 1.29 is 4.84 Å². The standard InChI is InChI=1S/C10H11NO/c1-9(12-11-2)8-10-6-4-3-5-7-10/h3-7H,1-2,8H2. The van der Waals surface area contributed by atoms with Crippen molar-refractivity contribution in [2.24, 2.45) is 5.16 Å². The summed E-state index contributed by atoms with van der Waals surface area (Å²) in [6.45, 7) is 6.89. The molecule has 0 aliphatic carbocycles. The van der Waals surface area contributed by atoms with E-state index < -0.39 is 0 Å². The van der Waals surface area contributed by atoms with Gasteiger partial charge in [0, 0.05) is 13.1 Å². The van der Waals surface area contributed by atoms with E-state index in [-0.39, 0.29) is 0 Å². The van der Waals surface area contributed by atoms with Crippen molar-refractivity contribution in [3.63, 3.8) is 0 Å². The van der Waals surface area contributed by atoms with E-state index in [9.17, 15) is 0 Å². The lowest BCUT2D eigenvalue weighted by Gasteiger charge is -2.01. The van der Waals surface area contributed by atoms with Gasteiger partial charge in [0.1, 0.15) is 5.76 Å². The molecule has 0 radical (unpaired) electrons. The molecule has 0 unspecified atom stereocenters. The van der Waals surface area contributed by atoms with Crippen LogP contribution in [0, 0.1) is 0 Å². The van der Waals surface area contributed by atoms with Gasteiger partial charge in [0.25, 0.3) is 0 Å². The lowest BCUT2D eigenvalue weighted by molar-refractivity contribution is 0.226. The highest BCUT2D eigenvalue weighted by Gasteiger charge is 1.95. The van der Waals surface area contributed by atoms with Crippen molar-refractivity contribution in [3.05, 3.63) is 48.2 Å². The summed E-state index contributed by atoms with van der Waals surface area (Å²) in [5.41, 5.74) is 1.16. The fourth-order valence-electron chi connectivity index (χ4n) is 0.947. The van der Waals surface area contributed by atoms with Crippen molar-refractivity contribution >= 4 is 6.72 Å². The number of nitrogens with zero attached hydrogens (tertiary/aromatic N) is 1. The fourth-order valence-corrected chi connectivity index (χ4v) is 0.947. The van der Waals surface area contributed by atoms with Gasteiger partial charge in [-0.25, -0.2) is 0 Å². The van der Waals surface area contributed by atoms with Crippen molar-refractivity contribution in [1.29, 1.82) is 0 Å². The zero-order valence-corrected chi connectivity index (χ0v) is 6.86. The van der Waals surface area contributed by atoms with Gasteiger partial charge in [-0.1, -0.05) is 42.1 Å². The maximum atomic E-state index is 4.77. The van der Waals surface area contributed by atoms with Crippen LogP contribution in [-0.2, 0) is 11.3 Å². The highest BCUT2D eigenvalue weighted by atomic mass is 16.6. The first-order valence-corrected chi connectivity index (χ1v) is 3.67. The first-order valence-electron chi connectivity index (χ1n) is 3.67. The minimum absolute atomic E-state index is 0.608. The average molecular weight is 161 g/mol. The maximum Gasteiger partial charge on any atom is 0.132 e. The number of benzene rings is 1. The molecule has 0 aromatic heterocycles. The second kappa shape index (κ2) is 4.34. The monoisotopic (exact) mass is 161 g/mol. The van der Waals surface area contributed by atoms with Gasteiger partial charge in [-0.2, -0.15) is 0 Å².